The Morgan fingerprint density at radius 1 is 1.47 bits per heavy atom. The Balaban J connectivity index is 2.41. The van der Waals surface area contributed by atoms with E-state index in [0.29, 0.717) is 19.5 Å². The van der Waals surface area contributed by atoms with Gasteiger partial charge in [-0.15, -0.1) is 13.2 Å². The first kappa shape index (κ1) is 14.3. The van der Waals surface area contributed by atoms with Gasteiger partial charge in [0.1, 0.15) is 0 Å². The van der Waals surface area contributed by atoms with Crippen LogP contribution in [0, 0.1) is 11.8 Å². The van der Waals surface area contributed by atoms with Crippen molar-refractivity contribution in [1.29, 1.82) is 0 Å². The summed E-state index contributed by atoms with van der Waals surface area (Å²) in [6, 6.07) is 0. The van der Waals surface area contributed by atoms with E-state index in [-0.39, 0.29) is 24.3 Å². The molecule has 0 aliphatic carbocycles. The van der Waals surface area contributed by atoms with E-state index in [1.54, 1.807) is 18.7 Å². The Hall–Kier alpha value is -0.780. The number of nitrogens with zero attached hydrogens (tertiary/aromatic N) is 1. The van der Waals surface area contributed by atoms with Crippen molar-refractivity contribution in [2.24, 2.45) is 11.8 Å². The lowest BCUT2D eigenvalue weighted by molar-refractivity contribution is -0.329. The standard InChI is InChI=1S/C11H18F3NO2/c1-8(2)10(16)15-5-3-4-9(6-15)7-17-11(12,13)14/h8-9H,3-7H2,1-2H3. The maximum Gasteiger partial charge on any atom is 0.522 e. The van der Waals surface area contributed by atoms with Gasteiger partial charge in [0.2, 0.25) is 5.91 Å². The minimum atomic E-state index is -4.58. The smallest absolute Gasteiger partial charge is 0.342 e. The normalized spacial score (nSPS) is 22.0. The second-order valence-corrected chi connectivity index (χ2v) is 4.70. The summed E-state index contributed by atoms with van der Waals surface area (Å²) in [6.45, 7) is 4.23. The summed E-state index contributed by atoms with van der Waals surface area (Å²) in [4.78, 5) is 13.3. The number of carbonyl (C=O) groups excluding carboxylic acids is 1. The first-order valence-corrected chi connectivity index (χ1v) is 5.79. The zero-order chi connectivity index (χ0) is 13.1. The Morgan fingerprint density at radius 3 is 2.65 bits per heavy atom. The molecule has 1 rings (SSSR count). The van der Waals surface area contributed by atoms with Crippen LogP contribution in [-0.2, 0) is 9.53 Å². The number of halogens is 3. The fraction of sp³-hybridized carbons (Fsp3) is 0.909. The average Bonchev–Trinajstić information content (AvgIpc) is 2.24. The number of rotatable bonds is 3. The predicted molar refractivity (Wildman–Crippen MR) is 56.1 cm³/mol. The second-order valence-electron chi connectivity index (χ2n) is 4.70. The van der Waals surface area contributed by atoms with Crippen LogP contribution in [0.2, 0.25) is 0 Å². The van der Waals surface area contributed by atoms with E-state index in [1.807, 2.05) is 0 Å². The molecule has 1 fully saturated rings. The maximum atomic E-state index is 11.9. The van der Waals surface area contributed by atoms with E-state index in [4.69, 9.17) is 0 Å². The highest BCUT2D eigenvalue weighted by molar-refractivity contribution is 5.78. The molecule has 100 valence electrons. The van der Waals surface area contributed by atoms with E-state index in [9.17, 15) is 18.0 Å². The zero-order valence-electron chi connectivity index (χ0n) is 10.1. The molecule has 1 amide bonds. The lowest BCUT2D eigenvalue weighted by Crippen LogP contribution is -2.43. The van der Waals surface area contributed by atoms with Crippen molar-refractivity contribution < 1.29 is 22.7 Å². The van der Waals surface area contributed by atoms with E-state index >= 15 is 0 Å². The minimum Gasteiger partial charge on any atom is -0.342 e. The molecule has 1 saturated heterocycles. The molecule has 0 radical (unpaired) electrons. The molecule has 0 saturated carbocycles. The van der Waals surface area contributed by atoms with Crippen LogP contribution in [0.5, 0.6) is 0 Å². The number of amides is 1. The molecule has 1 heterocycles. The fourth-order valence-electron chi connectivity index (χ4n) is 1.98. The first-order chi connectivity index (χ1) is 7.79. The molecule has 17 heavy (non-hydrogen) atoms. The van der Waals surface area contributed by atoms with E-state index in [2.05, 4.69) is 4.74 Å². The van der Waals surface area contributed by atoms with Crippen LogP contribution in [0.15, 0.2) is 0 Å². The van der Waals surface area contributed by atoms with Gasteiger partial charge in [0.15, 0.2) is 0 Å². The third-order valence-corrected chi connectivity index (χ3v) is 2.81. The highest BCUT2D eigenvalue weighted by Gasteiger charge is 2.32. The first-order valence-electron chi connectivity index (χ1n) is 5.79. The Kier molecular flexibility index (Phi) is 4.80. The molecule has 0 spiro atoms. The number of carbonyl (C=O) groups is 1. The van der Waals surface area contributed by atoms with Crippen LogP contribution < -0.4 is 0 Å². The van der Waals surface area contributed by atoms with Crippen molar-refractivity contribution in [2.75, 3.05) is 19.7 Å². The molecule has 1 atom stereocenters. The van der Waals surface area contributed by atoms with Crippen LogP contribution in [0.3, 0.4) is 0 Å². The minimum absolute atomic E-state index is 0.00158. The predicted octanol–water partition coefficient (Wildman–Crippen LogP) is 2.42. The van der Waals surface area contributed by atoms with Crippen molar-refractivity contribution in [2.45, 2.75) is 33.1 Å². The Labute approximate surface area is 98.9 Å². The molecule has 0 N–H and O–H groups in total. The lowest BCUT2D eigenvalue weighted by Gasteiger charge is -2.33. The molecule has 1 aliphatic rings. The van der Waals surface area contributed by atoms with Gasteiger partial charge < -0.3 is 4.90 Å². The SMILES string of the molecule is CC(C)C(=O)N1CCCC(COC(F)(F)F)C1. The van der Waals surface area contributed by atoms with Gasteiger partial charge in [-0.05, 0) is 12.8 Å². The van der Waals surface area contributed by atoms with Crippen LogP contribution in [0.4, 0.5) is 13.2 Å². The number of alkyl halides is 3. The Morgan fingerprint density at radius 2 is 2.12 bits per heavy atom. The summed E-state index contributed by atoms with van der Waals surface area (Å²) < 4.78 is 39.5. The molecular weight excluding hydrogens is 235 g/mol. The zero-order valence-corrected chi connectivity index (χ0v) is 10.1. The maximum absolute atomic E-state index is 11.9. The second kappa shape index (κ2) is 5.71. The topological polar surface area (TPSA) is 29.5 Å². The third-order valence-electron chi connectivity index (χ3n) is 2.81. The molecule has 0 aromatic carbocycles. The summed E-state index contributed by atoms with van der Waals surface area (Å²) >= 11 is 0. The van der Waals surface area contributed by atoms with Gasteiger partial charge in [0, 0.05) is 24.9 Å². The summed E-state index contributed by atoms with van der Waals surface area (Å²) in [6.07, 6.45) is -3.16. The van der Waals surface area contributed by atoms with Crippen molar-refractivity contribution >= 4 is 5.91 Å². The fourth-order valence-corrected chi connectivity index (χ4v) is 1.98. The molecule has 1 unspecified atom stereocenters. The van der Waals surface area contributed by atoms with Gasteiger partial charge in [0.05, 0.1) is 6.61 Å². The van der Waals surface area contributed by atoms with Crippen molar-refractivity contribution in [3.05, 3.63) is 0 Å². The number of hydrogen-bond acceptors (Lipinski definition) is 2. The number of likely N-dealkylation sites (tertiary alicyclic amines) is 1. The van der Waals surface area contributed by atoms with Crippen molar-refractivity contribution in [3.63, 3.8) is 0 Å². The van der Waals surface area contributed by atoms with Crippen LogP contribution in [0.25, 0.3) is 0 Å². The molecular formula is C11H18F3NO2. The molecule has 0 aromatic rings. The molecule has 1 aliphatic heterocycles. The largest absolute Gasteiger partial charge is 0.522 e. The van der Waals surface area contributed by atoms with Gasteiger partial charge >= 0.3 is 6.36 Å². The van der Waals surface area contributed by atoms with Gasteiger partial charge in [-0.3, -0.25) is 9.53 Å². The number of hydrogen-bond donors (Lipinski definition) is 0. The van der Waals surface area contributed by atoms with Crippen molar-refractivity contribution in [3.8, 4) is 0 Å². The average molecular weight is 253 g/mol. The lowest BCUT2D eigenvalue weighted by atomic mass is 9.98. The Bertz CT molecular complexity index is 266. The quantitative estimate of drug-likeness (QED) is 0.773. The summed E-state index contributed by atoms with van der Waals surface area (Å²) in [7, 11) is 0. The van der Waals surface area contributed by atoms with Crippen LogP contribution >= 0.6 is 0 Å². The van der Waals surface area contributed by atoms with Crippen molar-refractivity contribution in [1.82, 2.24) is 4.90 Å². The summed E-state index contributed by atoms with van der Waals surface area (Å²) in [5.74, 6) is -0.327. The van der Waals surface area contributed by atoms with Gasteiger partial charge in [-0.25, -0.2) is 0 Å². The van der Waals surface area contributed by atoms with E-state index in [1.165, 1.54) is 0 Å². The van der Waals surface area contributed by atoms with Crippen LogP contribution in [0.1, 0.15) is 26.7 Å². The van der Waals surface area contributed by atoms with Gasteiger partial charge in [-0.1, -0.05) is 13.8 Å². The third kappa shape index (κ3) is 4.93. The van der Waals surface area contributed by atoms with Gasteiger partial charge in [0.25, 0.3) is 0 Å². The highest BCUT2D eigenvalue weighted by Crippen LogP contribution is 2.23. The highest BCUT2D eigenvalue weighted by atomic mass is 19.4. The van der Waals surface area contributed by atoms with E-state index in [0.717, 1.165) is 6.42 Å². The summed E-state index contributed by atoms with van der Waals surface area (Å²) in [5.41, 5.74) is 0. The monoisotopic (exact) mass is 253 g/mol. The summed E-state index contributed by atoms with van der Waals surface area (Å²) in [5, 5.41) is 0. The van der Waals surface area contributed by atoms with Gasteiger partial charge in [-0.2, -0.15) is 0 Å². The molecule has 0 bridgehead atoms. The molecule has 0 aromatic heterocycles. The number of piperidine rings is 1. The number of ether oxygens (including phenoxy) is 1. The molecule has 3 nitrogen and oxygen atoms in total. The van der Waals surface area contributed by atoms with Crippen LogP contribution in [-0.4, -0.2) is 36.9 Å². The molecule has 6 heteroatoms. The van der Waals surface area contributed by atoms with E-state index < -0.39 is 6.36 Å².